The van der Waals surface area contributed by atoms with Crippen molar-refractivity contribution in [2.45, 2.75) is 58.3 Å². The highest BCUT2D eigenvalue weighted by molar-refractivity contribution is 9.10. The molecule has 1 aromatic heterocycles. The molecule has 2 unspecified atom stereocenters. The largest absolute Gasteiger partial charge is 0.383 e. The molecule has 1 aromatic rings. The highest BCUT2D eigenvalue weighted by Gasteiger charge is 2.41. The number of aromatic nitrogens is 2. The molecule has 5 heteroatoms. The van der Waals surface area contributed by atoms with Crippen LogP contribution in [-0.2, 0) is 10.3 Å². The summed E-state index contributed by atoms with van der Waals surface area (Å²) in [5.41, 5.74) is 0.0312. The van der Waals surface area contributed by atoms with E-state index >= 15 is 0 Å². The van der Waals surface area contributed by atoms with Crippen molar-refractivity contribution in [2.24, 2.45) is 5.92 Å². The number of hydrogen-bond donors (Lipinski definition) is 1. The summed E-state index contributed by atoms with van der Waals surface area (Å²) >= 11 is 3.53. The van der Waals surface area contributed by atoms with Crippen molar-refractivity contribution in [2.75, 3.05) is 6.61 Å². The van der Waals surface area contributed by atoms with Crippen LogP contribution in [0, 0.1) is 5.92 Å². The highest BCUT2D eigenvalue weighted by atomic mass is 79.9. The summed E-state index contributed by atoms with van der Waals surface area (Å²) < 4.78 is 8.56. The normalized spacial score (nSPS) is 28.3. The standard InChI is InChI=1S/C14H23BrN2O2/c1-9(2)12-7-14(18,5-6-19-12)13-11(15)8-16-17(13)10(3)4/h8-10,12,18H,5-7H2,1-4H3. The second-order valence-electron chi connectivity index (χ2n) is 6.02. The quantitative estimate of drug-likeness (QED) is 0.925. The topological polar surface area (TPSA) is 47.3 Å². The number of nitrogens with zero attached hydrogens (tertiary/aromatic N) is 2. The Kier molecular flexibility index (Phi) is 4.38. The van der Waals surface area contributed by atoms with E-state index in [2.05, 4.69) is 48.7 Å². The Morgan fingerprint density at radius 3 is 2.74 bits per heavy atom. The minimum Gasteiger partial charge on any atom is -0.383 e. The zero-order chi connectivity index (χ0) is 14.2. The van der Waals surface area contributed by atoms with E-state index in [-0.39, 0.29) is 12.1 Å². The maximum atomic E-state index is 11.1. The minimum absolute atomic E-state index is 0.0983. The summed E-state index contributed by atoms with van der Waals surface area (Å²) in [5, 5.41) is 15.5. The Morgan fingerprint density at radius 1 is 1.47 bits per heavy atom. The Labute approximate surface area is 123 Å². The summed E-state index contributed by atoms with van der Waals surface area (Å²) in [6.45, 7) is 9.00. The number of rotatable bonds is 3. The molecule has 1 saturated heterocycles. The van der Waals surface area contributed by atoms with Gasteiger partial charge in [0.1, 0.15) is 5.60 Å². The van der Waals surface area contributed by atoms with E-state index in [4.69, 9.17) is 4.74 Å². The molecule has 0 bridgehead atoms. The van der Waals surface area contributed by atoms with Crippen LogP contribution in [0.4, 0.5) is 0 Å². The number of hydrogen-bond acceptors (Lipinski definition) is 3. The van der Waals surface area contributed by atoms with Crippen LogP contribution in [0.5, 0.6) is 0 Å². The zero-order valence-corrected chi connectivity index (χ0v) is 13.6. The number of ether oxygens (including phenoxy) is 1. The van der Waals surface area contributed by atoms with E-state index in [1.807, 2.05) is 4.68 Å². The highest BCUT2D eigenvalue weighted by Crippen LogP contribution is 2.40. The maximum absolute atomic E-state index is 11.1. The van der Waals surface area contributed by atoms with Gasteiger partial charge < -0.3 is 9.84 Å². The lowest BCUT2D eigenvalue weighted by atomic mass is 9.83. The third kappa shape index (κ3) is 2.88. The van der Waals surface area contributed by atoms with Gasteiger partial charge in [0, 0.05) is 18.9 Å². The van der Waals surface area contributed by atoms with Crippen LogP contribution in [0.2, 0.25) is 0 Å². The maximum Gasteiger partial charge on any atom is 0.112 e. The van der Waals surface area contributed by atoms with Gasteiger partial charge in [-0.2, -0.15) is 5.10 Å². The van der Waals surface area contributed by atoms with Gasteiger partial charge in [0.15, 0.2) is 0 Å². The predicted molar refractivity (Wildman–Crippen MR) is 78.0 cm³/mol. The molecular weight excluding hydrogens is 308 g/mol. The van der Waals surface area contributed by atoms with E-state index < -0.39 is 5.60 Å². The molecule has 2 heterocycles. The Bertz CT molecular complexity index is 445. The van der Waals surface area contributed by atoms with Crippen LogP contribution in [0.1, 0.15) is 52.3 Å². The third-order valence-corrected chi connectivity index (χ3v) is 4.39. The molecule has 0 amide bonds. The molecule has 0 saturated carbocycles. The average molecular weight is 331 g/mol. The van der Waals surface area contributed by atoms with E-state index in [0.29, 0.717) is 25.4 Å². The van der Waals surface area contributed by atoms with Crippen LogP contribution >= 0.6 is 15.9 Å². The van der Waals surface area contributed by atoms with Crippen molar-refractivity contribution < 1.29 is 9.84 Å². The van der Waals surface area contributed by atoms with Gasteiger partial charge in [-0.05, 0) is 35.7 Å². The van der Waals surface area contributed by atoms with Gasteiger partial charge in [-0.1, -0.05) is 13.8 Å². The fourth-order valence-corrected chi connectivity index (χ4v) is 3.33. The zero-order valence-electron chi connectivity index (χ0n) is 12.1. The van der Waals surface area contributed by atoms with Gasteiger partial charge in [-0.15, -0.1) is 0 Å². The SMILES string of the molecule is CC(C)C1CC(O)(c2c(Br)cnn2C(C)C)CCO1. The van der Waals surface area contributed by atoms with Gasteiger partial charge in [-0.25, -0.2) is 0 Å². The van der Waals surface area contributed by atoms with Crippen LogP contribution in [-0.4, -0.2) is 27.6 Å². The average Bonchev–Trinajstić information content (AvgIpc) is 2.72. The molecule has 19 heavy (non-hydrogen) atoms. The van der Waals surface area contributed by atoms with E-state index in [0.717, 1.165) is 10.2 Å². The van der Waals surface area contributed by atoms with Crippen LogP contribution in [0.15, 0.2) is 10.7 Å². The second kappa shape index (κ2) is 5.54. The monoisotopic (exact) mass is 330 g/mol. The summed E-state index contributed by atoms with van der Waals surface area (Å²) in [5.74, 6) is 0.404. The van der Waals surface area contributed by atoms with E-state index in [1.54, 1.807) is 6.20 Å². The number of halogens is 1. The van der Waals surface area contributed by atoms with Gasteiger partial charge in [0.25, 0.3) is 0 Å². The van der Waals surface area contributed by atoms with Crippen molar-refractivity contribution in [3.63, 3.8) is 0 Å². The molecule has 1 aliphatic heterocycles. The lowest BCUT2D eigenvalue weighted by Gasteiger charge is -2.39. The second-order valence-corrected chi connectivity index (χ2v) is 6.87. The predicted octanol–water partition coefficient (Wildman–Crippen LogP) is 3.25. The fraction of sp³-hybridized carbons (Fsp3) is 0.786. The minimum atomic E-state index is -0.854. The van der Waals surface area contributed by atoms with Crippen molar-refractivity contribution in [1.29, 1.82) is 0 Å². The first-order valence-electron chi connectivity index (χ1n) is 6.92. The molecule has 0 radical (unpaired) electrons. The first-order valence-corrected chi connectivity index (χ1v) is 7.72. The lowest BCUT2D eigenvalue weighted by molar-refractivity contribution is -0.125. The van der Waals surface area contributed by atoms with Gasteiger partial charge >= 0.3 is 0 Å². The molecule has 1 N–H and O–H groups in total. The molecule has 108 valence electrons. The Balaban J connectivity index is 2.36. The Hall–Kier alpha value is -0.390. The molecular formula is C14H23BrN2O2. The van der Waals surface area contributed by atoms with Crippen LogP contribution < -0.4 is 0 Å². The van der Waals surface area contributed by atoms with Crippen molar-refractivity contribution in [3.8, 4) is 0 Å². The van der Waals surface area contributed by atoms with Crippen molar-refractivity contribution in [1.82, 2.24) is 9.78 Å². The first kappa shape index (κ1) is 15.0. The summed E-state index contributed by atoms with van der Waals surface area (Å²) in [7, 11) is 0. The van der Waals surface area contributed by atoms with E-state index in [1.165, 1.54) is 0 Å². The summed E-state index contributed by atoms with van der Waals surface area (Å²) in [6, 6.07) is 0.227. The molecule has 1 aliphatic rings. The molecule has 2 atom stereocenters. The van der Waals surface area contributed by atoms with Crippen molar-refractivity contribution in [3.05, 3.63) is 16.4 Å². The molecule has 2 rings (SSSR count). The van der Waals surface area contributed by atoms with Crippen LogP contribution in [0.25, 0.3) is 0 Å². The van der Waals surface area contributed by atoms with Crippen LogP contribution in [0.3, 0.4) is 0 Å². The van der Waals surface area contributed by atoms with Gasteiger partial charge in [-0.3, -0.25) is 4.68 Å². The number of aliphatic hydroxyl groups is 1. The molecule has 0 aromatic carbocycles. The van der Waals surface area contributed by atoms with E-state index in [9.17, 15) is 5.11 Å². The fourth-order valence-electron chi connectivity index (χ4n) is 2.68. The summed E-state index contributed by atoms with van der Waals surface area (Å²) in [6.07, 6.45) is 3.11. The first-order chi connectivity index (χ1) is 8.85. The van der Waals surface area contributed by atoms with Gasteiger partial charge in [0.2, 0.25) is 0 Å². The summed E-state index contributed by atoms with van der Waals surface area (Å²) in [4.78, 5) is 0. The van der Waals surface area contributed by atoms with Gasteiger partial charge in [0.05, 0.1) is 29.1 Å². The lowest BCUT2D eigenvalue weighted by Crippen LogP contribution is -2.42. The molecule has 0 aliphatic carbocycles. The molecule has 0 spiro atoms. The molecule has 1 fully saturated rings. The smallest absolute Gasteiger partial charge is 0.112 e. The van der Waals surface area contributed by atoms with Crippen molar-refractivity contribution >= 4 is 15.9 Å². The third-order valence-electron chi connectivity index (χ3n) is 3.81. The Morgan fingerprint density at radius 2 is 2.16 bits per heavy atom. The molecule has 4 nitrogen and oxygen atoms in total.